The van der Waals surface area contributed by atoms with E-state index in [1.54, 1.807) is 21.8 Å². The lowest BCUT2D eigenvalue weighted by molar-refractivity contribution is 0.0509. The zero-order valence-electron chi connectivity index (χ0n) is 13.4. The molecule has 0 unspecified atom stereocenters. The van der Waals surface area contributed by atoms with Gasteiger partial charge in [-0.3, -0.25) is 0 Å². The number of piperidine rings is 2. The summed E-state index contributed by atoms with van der Waals surface area (Å²) in [6, 6.07) is 0. The Hall–Kier alpha value is -0.470. The van der Waals surface area contributed by atoms with Crippen LogP contribution in [0.4, 0.5) is 0 Å². The van der Waals surface area contributed by atoms with E-state index in [9.17, 15) is 13.5 Å². The van der Waals surface area contributed by atoms with Crippen molar-refractivity contribution in [3.05, 3.63) is 12.7 Å². The van der Waals surface area contributed by atoms with Crippen molar-refractivity contribution in [3.8, 4) is 0 Å². The SMILES string of the molecule is C=CC[C@@]1(CO)CCCN(S(=O)(=O)N2CCC(OC)CC2)C1. The van der Waals surface area contributed by atoms with Crippen molar-refractivity contribution in [3.63, 3.8) is 0 Å². The van der Waals surface area contributed by atoms with E-state index >= 15 is 0 Å². The van der Waals surface area contributed by atoms with Gasteiger partial charge in [0.1, 0.15) is 0 Å². The number of rotatable bonds is 6. The molecule has 2 saturated heterocycles. The summed E-state index contributed by atoms with van der Waals surface area (Å²) < 4.78 is 34.1. The summed E-state index contributed by atoms with van der Waals surface area (Å²) >= 11 is 0. The molecule has 0 radical (unpaired) electrons. The molecule has 22 heavy (non-hydrogen) atoms. The maximum Gasteiger partial charge on any atom is 0.281 e. The molecule has 6 nitrogen and oxygen atoms in total. The third-order valence-electron chi connectivity index (χ3n) is 4.93. The molecule has 2 aliphatic rings. The average molecular weight is 332 g/mol. The first kappa shape index (κ1) is 17.9. The molecule has 1 atom stereocenters. The summed E-state index contributed by atoms with van der Waals surface area (Å²) in [6.07, 6.45) is 5.67. The largest absolute Gasteiger partial charge is 0.396 e. The van der Waals surface area contributed by atoms with Gasteiger partial charge in [0, 0.05) is 38.7 Å². The highest BCUT2D eigenvalue weighted by Crippen LogP contribution is 2.35. The molecule has 2 aliphatic heterocycles. The number of ether oxygens (including phenoxy) is 1. The van der Waals surface area contributed by atoms with Crippen LogP contribution < -0.4 is 0 Å². The number of nitrogens with zero attached hydrogens (tertiary/aromatic N) is 2. The van der Waals surface area contributed by atoms with Gasteiger partial charge in [0.2, 0.25) is 0 Å². The molecule has 2 rings (SSSR count). The van der Waals surface area contributed by atoms with Crippen LogP contribution in [0.25, 0.3) is 0 Å². The minimum atomic E-state index is -3.45. The number of aliphatic hydroxyl groups is 1. The van der Waals surface area contributed by atoms with Crippen LogP contribution in [0.3, 0.4) is 0 Å². The van der Waals surface area contributed by atoms with Crippen molar-refractivity contribution in [1.29, 1.82) is 0 Å². The zero-order valence-corrected chi connectivity index (χ0v) is 14.2. The van der Waals surface area contributed by atoms with Gasteiger partial charge >= 0.3 is 0 Å². The molecule has 7 heteroatoms. The standard InChI is InChI=1S/C15H28N2O4S/c1-3-7-15(13-18)8-4-9-17(12-15)22(19,20)16-10-5-14(21-2)6-11-16/h3,14,18H,1,4-13H2,2H3/t15-/m1/s1. The summed E-state index contributed by atoms with van der Waals surface area (Å²) in [5, 5.41) is 9.73. The Balaban J connectivity index is 2.07. The molecule has 0 spiro atoms. The molecule has 0 aliphatic carbocycles. The van der Waals surface area contributed by atoms with Crippen molar-refractivity contribution in [1.82, 2.24) is 8.61 Å². The van der Waals surface area contributed by atoms with Crippen molar-refractivity contribution >= 4 is 10.2 Å². The first-order valence-electron chi connectivity index (χ1n) is 7.97. The third kappa shape index (κ3) is 3.71. The highest BCUT2D eigenvalue weighted by Gasteiger charge is 2.41. The number of hydrogen-bond acceptors (Lipinski definition) is 4. The zero-order chi connectivity index (χ0) is 16.2. The maximum absolute atomic E-state index is 12.8. The number of aliphatic hydroxyl groups excluding tert-OH is 1. The molecule has 0 saturated carbocycles. The topological polar surface area (TPSA) is 70.1 Å². The Morgan fingerprint density at radius 3 is 2.55 bits per heavy atom. The molecule has 128 valence electrons. The van der Waals surface area contributed by atoms with Gasteiger partial charge < -0.3 is 9.84 Å². The molecular formula is C15H28N2O4S. The van der Waals surface area contributed by atoms with E-state index in [-0.39, 0.29) is 18.1 Å². The van der Waals surface area contributed by atoms with Crippen LogP contribution in [0.5, 0.6) is 0 Å². The number of methoxy groups -OCH3 is 1. The van der Waals surface area contributed by atoms with Crippen LogP contribution in [0.2, 0.25) is 0 Å². The van der Waals surface area contributed by atoms with Crippen LogP contribution in [0.15, 0.2) is 12.7 Å². The monoisotopic (exact) mass is 332 g/mol. The Labute approximate surface area is 133 Å². The van der Waals surface area contributed by atoms with Gasteiger partial charge in [-0.15, -0.1) is 6.58 Å². The number of allylic oxidation sites excluding steroid dienone is 1. The second kappa shape index (κ2) is 7.40. The van der Waals surface area contributed by atoms with E-state index in [4.69, 9.17) is 4.74 Å². The quantitative estimate of drug-likeness (QED) is 0.737. The van der Waals surface area contributed by atoms with Crippen molar-refractivity contribution in [2.75, 3.05) is 39.9 Å². The van der Waals surface area contributed by atoms with Gasteiger partial charge in [-0.25, -0.2) is 0 Å². The Kier molecular flexibility index (Phi) is 6.01. The van der Waals surface area contributed by atoms with Gasteiger partial charge in [0.05, 0.1) is 12.7 Å². The lowest BCUT2D eigenvalue weighted by Gasteiger charge is -2.43. The summed E-state index contributed by atoms with van der Waals surface area (Å²) in [7, 11) is -1.78. The van der Waals surface area contributed by atoms with E-state index in [0.29, 0.717) is 32.6 Å². The summed E-state index contributed by atoms with van der Waals surface area (Å²) in [5.74, 6) is 0. The first-order valence-corrected chi connectivity index (χ1v) is 9.37. The van der Waals surface area contributed by atoms with Gasteiger partial charge in [-0.05, 0) is 32.1 Å². The van der Waals surface area contributed by atoms with Crippen LogP contribution >= 0.6 is 0 Å². The van der Waals surface area contributed by atoms with Gasteiger partial charge in [0.15, 0.2) is 0 Å². The van der Waals surface area contributed by atoms with Gasteiger partial charge in [0.25, 0.3) is 10.2 Å². The fraction of sp³-hybridized carbons (Fsp3) is 0.867. The average Bonchev–Trinajstić information content (AvgIpc) is 2.55. The van der Waals surface area contributed by atoms with E-state index in [2.05, 4.69) is 6.58 Å². The normalized spacial score (nSPS) is 29.5. The summed E-state index contributed by atoms with van der Waals surface area (Å²) in [5.41, 5.74) is -0.377. The van der Waals surface area contributed by atoms with Crippen LogP contribution in [-0.4, -0.2) is 68.1 Å². The molecule has 0 bridgehead atoms. The fourth-order valence-corrected chi connectivity index (χ4v) is 5.28. The summed E-state index contributed by atoms with van der Waals surface area (Å²) in [4.78, 5) is 0. The van der Waals surface area contributed by atoms with E-state index < -0.39 is 10.2 Å². The predicted octanol–water partition coefficient (Wildman–Crippen LogP) is 0.993. The maximum atomic E-state index is 12.8. The third-order valence-corrected chi connectivity index (χ3v) is 6.91. The molecule has 2 fully saturated rings. The smallest absolute Gasteiger partial charge is 0.281 e. The molecular weight excluding hydrogens is 304 g/mol. The highest BCUT2D eigenvalue weighted by molar-refractivity contribution is 7.86. The Bertz CT molecular complexity index is 474. The Morgan fingerprint density at radius 2 is 2.00 bits per heavy atom. The van der Waals surface area contributed by atoms with Crippen LogP contribution in [-0.2, 0) is 14.9 Å². The Morgan fingerprint density at radius 1 is 1.32 bits per heavy atom. The first-order chi connectivity index (χ1) is 10.5. The molecule has 2 heterocycles. The van der Waals surface area contributed by atoms with E-state index in [0.717, 1.165) is 25.7 Å². The van der Waals surface area contributed by atoms with Crippen molar-refractivity contribution in [2.45, 2.75) is 38.2 Å². The second-order valence-corrected chi connectivity index (χ2v) is 8.36. The minimum Gasteiger partial charge on any atom is -0.396 e. The summed E-state index contributed by atoms with van der Waals surface area (Å²) in [6.45, 7) is 5.66. The van der Waals surface area contributed by atoms with Crippen molar-refractivity contribution in [2.24, 2.45) is 5.41 Å². The minimum absolute atomic E-state index is 0.00319. The molecule has 0 amide bonds. The van der Waals surface area contributed by atoms with Crippen LogP contribution in [0.1, 0.15) is 32.1 Å². The van der Waals surface area contributed by atoms with Gasteiger partial charge in [-0.1, -0.05) is 6.08 Å². The molecule has 0 aromatic carbocycles. The van der Waals surface area contributed by atoms with E-state index in [1.807, 2.05) is 0 Å². The van der Waals surface area contributed by atoms with Gasteiger partial charge in [-0.2, -0.15) is 17.0 Å². The van der Waals surface area contributed by atoms with E-state index in [1.165, 1.54) is 0 Å². The van der Waals surface area contributed by atoms with Crippen molar-refractivity contribution < 1.29 is 18.3 Å². The fourth-order valence-electron chi connectivity index (χ4n) is 3.49. The number of hydrogen-bond donors (Lipinski definition) is 1. The lowest BCUT2D eigenvalue weighted by atomic mass is 9.79. The highest BCUT2D eigenvalue weighted by atomic mass is 32.2. The predicted molar refractivity (Wildman–Crippen MR) is 85.7 cm³/mol. The lowest BCUT2D eigenvalue weighted by Crippen LogP contribution is -2.54. The molecule has 0 aromatic heterocycles. The van der Waals surface area contributed by atoms with Crippen LogP contribution in [0, 0.1) is 5.41 Å². The second-order valence-electron chi connectivity index (χ2n) is 6.43. The molecule has 0 aromatic rings. The molecule has 1 N–H and O–H groups in total.